The molecule has 21 heavy (non-hydrogen) atoms. The van der Waals surface area contributed by atoms with Crippen molar-refractivity contribution in [3.8, 4) is 5.88 Å². The van der Waals surface area contributed by atoms with E-state index in [0.29, 0.717) is 16.6 Å². The highest BCUT2D eigenvalue weighted by atomic mass is 32.1. The molecule has 0 aromatic carbocycles. The van der Waals surface area contributed by atoms with Gasteiger partial charge >= 0.3 is 0 Å². The van der Waals surface area contributed by atoms with Gasteiger partial charge in [-0.3, -0.25) is 0 Å². The summed E-state index contributed by atoms with van der Waals surface area (Å²) in [6.07, 6.45) is -2.38. The van der Waals surface area contributed by atoms with E-state index in [1.807, 2.05) is 0 Å². The highest BCUT2D eigenvalue weighted by Crippen LogP contribution is 2.26. The molecule has 0 spiro atoms. The Bertz CT molecular complexity index is 864. The van der Waals surface area contributed by atoms with Crippen LogP contribution in [0.3, 0.4) is 0 Å². The fourth-order valence-electron chi connectivity index (χ4n) is 1.27. The molecule has 1 aromatic rings. The Morgan fingerprint density at radius 2 is 2.33 bits per heavy atom. The number of hydrogen-bond donors (Lipinski definition) is 2. The Hall–Kier alpha value is -0.960. The van der Waals surface area contributed by atoms with E-state index >= 15 is 0 Å². The van der Waals surface area contributed by atoms with Gasteiger partial charge in [0, 0.05) is 40.1 Å². The molecule has 0 radical (unpaired) electrons. The van der Waals surface area contributed by atoms with Gasteiger partial charge in [0.15, 0.2) is 0 Å². The predicted octanol–water partition coefficient (Wildman–Crippen LogP) is 0.502. The van der Waals surface area contributed by atoms with E-state index in [4.69, 9.17) is 30.0 Å². The van der Waals surface area contributed by atoms with Crippen molar-refractivity contribution in [3.05, 3.63) is 0 Å². The summed E-state index contributed by atoms with van der Waals surface area (Å²) >= 11 is 0.486. The number of ether oxygens (including phenoxy) is 2. The van der Waals surface area contributed by atoms with Crippen LogP contribution in [0.1, 0.15) is 41.1 Å². The van der Waals surface area contributed by atoms with Crippen LogP contribution in [-0.2, 0) is 4.74 Å². The highest BCUT2D eigenvalue weighted by molar-refractivity contribution is 6.99. The zero-order chi connectivity index (χ0) is 28.2. The second kappa shape index (κ2) is 7.35. The van der Waals surface area contributed by atoms with Crippen LogP contribution < -0.4 is 15.0 Å². The van der Waals surface area contributed by atoms with E-state index in [2.05, 4.69) is 8.75 Å². The van der Waals surface area contributed by atoms with Crippen LogP contribution >= 0.6 is 11.7 Å². The Balaban J connectivity index is 2.33. The summed E-state index contributed by atoms with van der Waals surface area (Å²) in [7, 11) is 0. The molecule has 7 nitrogen and oxygen atoms in total. The Labute approximate surface area is 150 Å². The summed E-state index contributed by atoms with van der Waals surface area (Å²) in [5, 5.41) is 11.9. The first-order chi connectivity index (χ1) is 15.9. The third-order valence-electron chi connectivity index (χ3n) is 2.11. The lowest BCUT2D eigenvalue weighted by Crippen LogP contribution is -2.42. The fraction of sp³-hybridized carbons (Fsp3) is 0.846. The minimum Gasteiger partial charge on any atom is -0.472 e. The normalized spacial score (nSPS) is 35.7. The number of nitrogens with zero attached hydrogens (tertiary/aromatic N) is 3. The first-order valence-electron chi connectivity index (χ1n) is 13.2. The number of aliphatic hydroxyl groups is 1. The third-order valence-corrected chi connectivity index (χ3v) is 2.61. The molecule has 2 N–H and O–H groups in total. The number of hydrogen-bond acceptors (Lipinski definition) is 8. The van der Waals surface area contributed by atoms with Crippen LogP contribution in [-0.4, -0.2) is 64.8 Å². The SMILES string of the molecule is [2H]C([2H])(NC(C([2H])([2H])[2H])(C([2H])([2H])[2H])C([2H])([2H])[2H])[C@H](O)COc1nsnc1N1C([2H])([2H])COCC1([2H])[2H]. The third kappa shape index (κ3) is 5.39. The monoisotopic (exact) mass is 331 g/mol. The molecule has 1 saturated heterocycles. The van der Waals surface area contributed by atoms with Crippen LogP contribution in [0.5, 0.6) is 5.88 Å². The van der Waals surface area contributed by atoms with E-state index in [0.717, 1.165) is 0 Å². The molecule has 0 amide bonds. The quantitative estimate of drug-likeness (QED) is 0.786. The van der Waals surface area contributed by atoms with Crippen molar-refractivity contribution in [1.29, 1.82) is 0 Å². The molecule has 0 saturated carbocycles. The summed E-state index contributed by atoms with van der Waals surface area (Å²) in [6, 6.07) is 0. The first kappa shape index (κ1) is 5.59. The smallest absolute Gasteiger partial charge is 0.270 e. The highest BCUT2D eigenvalue weighted by Gasteiger charge is 2.21. The van der Waals surface area contributed by atoms with Gasteiger partial charge in [-0.25, -0.2) is 0 Å². The second-order valence-electron chi connectivity index (χ2n) is 3.88. The average Bonchev–Trinajstić information content (AvgIpc) is 3.07. The summed E-state index contributed by atoms with van der Waals surface area (Å²) in [5.74, 6) is -0.945. The van der Waals surface area contributed by atoms with E-state index in [-0.39, 0.29) is 0 Å². The minimum atomic E-state index is -3.78. The van der Waals surface area contributed by atoms with Gasteiger partial charge < -0.3 is 24.8 Å². The number of morpholine rings is 1. The van der Waals surface area contributed by atoms with Gasteiger partial charge in [0.1, 0.15) is 12.7 Å². The van der Waals surface area contributed by atoms with Crippen LogP contribution in [0, 0.1) is 0 Å². The maximum Gasteiger partial charge on any atom is 0.270 e. The summed E-state index contributed by atoms with van der Waals surface area (Å²) in [5.41, 5.74) is -3.77. The molecule has 0 aliphatic carbocycles. The maximum absolute atomic E-state index is 10.4. The van der Waals surface area contributed by atoms with Gasteiger partial charge in [-0.1, -0.05) is 0 Å². The summed E-state index contributed by atoms with van der Waals surface area (Å²) in [6.45, 7) is -21.6. The van der Waals surface area contributed by atoms with Crippen molar-refractivity contribution in [2.45, 2.75) is 32.2 Å². The maximum atomic E-state index is 10.4. The standard InChI is InChI=1S/C13H24N4O3S/c1-13(2,3)14-8-10(18)9-20-12-11(15-21-16-12)17-4-6-19-7-5-17/h10,14,18H,4-9H2,1-3H3/t10-/m0/s1/i1D3,2D3,3D3,4D2,5D2,8D2. The summed E-state index contributed by atoms with van der Waals surface area (Å²) in [4.78, 5) is 0.602. The topological polar surface area (TPSA) is 79.7 Å². The number of β-amino-alcohol motifs (C(OH)–C–C–N with tert-alkyl or cyclic N) is 1. The molecule has 0 unspecified atom stereocenters. The molecule has 1 aromatic heterocycles. The molecular formula is C13H24N4O3S. The fourth-order valence-corrected chi connectivity index (χ4v) is 1.76. The van der Waals surface area contributed by atoms with Crippen LogP contribution in [0.2, 0.25) is 0 Å². The first-order valence-corrected chi connectivity index (χ1v) is 6.45. The van der Waals surface area contributed by atoms with Gasteiger partial charge in [-0.15, -0.1) is 4.37 Å². The summed E-state index contributed by atoms with van der Waals surface area (Å²) < 4.78 is 134. The molecule has 2 heterocycles. The second-order valence-corrected chi connectivity index (χ2v) is 4.41. The number of rotatable bonds is 6. The largest absolute Gasteiger partial charge is 0.472 e. The van der Waals surface area contributed by atoms with E-state index in [9.17, 15) is 5.11 Å². The van der Waals surface area contributed by atoms with Crippen LogP contribution in [0.15, 0.2) is 0 Å². The number of aromatic nitrogens is 2. The molecule has 2 rings (SSSR count). The number of anilines is 1. The Morgan fingerprint density at radius 1 is 1.57 bits per heavy atom. The van der Waals surface area contributed by atoms with Crippen molar-refractivity contribution in [2.75, 3.05) is 44.2 Å². The molecule has 120 valence electrons. The Kier molecular flexibility index (Phi) is 1.96. The van der Waals surface area contributed by atoms with Crippen LogP contribution in [0.4, 0.5) is 5.82 Å². The van der Waals surface area contributed by atoms with Gasteiger partial charge in [-0.05, 0) is 20.6 Å². The van der Waals surface area contributed by atoms with Crippen molar-refractivity contribution in [3.63, 3.8) is 0 Å². The minimum absolute atomic E-state index is 0.430. The van der Waals surface area contributed by atoms with Crippen molar-refractivity contribution >= 4 is 17.5 Å². The average molecular weight is 332 g/mol. The zero-order valence-electron chi connectivity index (χ0n) is 25.7. The predicted molar refractivity (Wildman–Crippen MR) is 82.2 cm³/mol. The zero-order valence-corrected chi connectivity index (χ0v) is 11.5. The van der Waals surface area contributed by atoms with E-state index in [1.54, 1.807) is 0 Å². The van der Waals surface area contributed by atoms with Gasteiger partial charge in [0.05, 0.1) is 30.4 Å². The van der Waals surface area contributed by atoms with E-state index in [1.165, 1.54) is 5.32 Å². The van der Waals surface area contributed by atoms with Crippen molar-refractivity contribution in [2.24, 2.45) is 0 Å². The molecule has 0 bridgehead atoms. The van der Waals surface area contributed by atoms with Gasteiger partial charge in [-0.2, -0.15) is 4.37 Å². The molecular weight excluding hydrogens is 292 g/mol. The molecule has 1 aliphatic heterocycles. The lowest BCUT2D eigenvalue weighted by atomic mass is 10.1. The van der Waals surface area contributed by atoms with E-state index < -0.39 is 83.2 Å². The molecule has 8 heteroatoms. The van der Waals surface area contributed by atoms with Crippen molar-refractivity contribution in [1.82, 2.24) is 14.1 Å². The molecule has 1 fully saturated rings. The van der Waals surface area contributed by atoms with Crippen LogP contribution in [0.25, 0.3) is 0 Å². The molecule has 1 aliphatic rings. The number of nitrogens with one attached hydrogen (secondary N) is 1. The van der Waals surface area contributed by atoms with Gasteiger partial charge in [0.25, 0.3) is 5.88 Å². The van der Waals surface area contributed by atoms with Crippen molar-refractivity contribution < 1.29 is 35.1 Å². The number of aliphatic hydroxyl groups excluding tert-OH is 1. The molecule has 1 atom stereocenters. The lowest BCUT2D eigenvalue weighted by molar-refractivity contribution is 0.0975. The van der Waals surface area contributed by atoms with Gasteiger partial charge in [0.2, 0.25) is 5.82 Å². The lowest BCUT2D eigenvalue weighted by Gasteiger charge is -2.27. The Morgan fingerprint density at radius 3 is 3.05 bits per heavy atom.